The van der Waals surface area contributed by atoms with Gasteiger partial charge in [-0.25, -0.2) is 0 Å². The molecule has 1 heterocycles. The summed E-state index contributed by atoms with van der Waals surface area (Å²) in [6, 6.07) is 0. The highest BCUT2D eigenvalue weighted by Gasteiger charge is 2.11. The first-order valence-corrected chi connectivity index (χ1v) is 5.64. The number of hydrogen-bond donors (Lipinski definition) is 0. The summed E-state index contributed by atoms with van der Waals surface area (Å²) >= 11 is 0. The van der Waals surface area contributed by atoms with Gasteiger partial charge in [-0.05, 0) is 25.9 Å². The molecule has 3 nitrogen and oxygen atoms in total. The van der Waals surface area contributed by atoms with Crippen LogP contribution < -0.4 is 0 Å². The van der Waals surface area contributed by atoms with E-state index in [0.29, 0.717) is 0 Å². The van der Waals surface area contributed by atoms with Gasteiger partial charge in [-0.2, -0.15) is 0 Å². The lowest BCUT2D eigenvalue weighted by Gasteiger charge is -2.22. The molecule has 3 heteroatoms. The molecule has 0 aromatic rings. The Morgan fingerprint density at radius 3 is 2.07 bits per heavy atom. The molecule has 0 radical (unpaired) electrons. The predicted molar refractivity (Wildman–Crippen MR) is 57.3 cm³/mol. The van der Waals surface area contributed by atoms with Gasteiger partial charge in [0.05, 0.1) is 0 Å². The smallest absolute Gasteiger partial charge is 0.158 e. The van der Waals surface area contributed by atoms with Gasteiger partial charge in [-0.15, -0.1) is 0 Å². The van der Waals surface area contributed by atoms with E-state index in [4.69, 9.17) is 9.47 Å². The maximum atomic E-state index is 5.17. The second-order valence-corrected chi connectivity index (χ2v) is 3.95. The van der Waals surface area contributed by atoms with Crippen molar-refractivity contribution in [2.24, 2.45) is 0 Å². The van der Waals surface area contributed by atoms with E-state index >= 15 is 0 Å². The molecule has 0 unspecified atom stereocenters. The molecule has 1 aliphatic rings. The molecule has 0 aliphatic carbocycles. The van der Waals surface area contributed by atoms with Crippen molar-refractivity contribution in [3.63, 3.8) is 0 Å². The molecule has 0 aromatic carbocycles. The summed E-state index contributed by atoms with van der Waals surface area (Å²) in [7, 11) is 3.41. The zero-order valence-electron chi connectivity index (χ0n) is 9.50. The summed E-state index contributed by atoms with van der Waals surface area (Å²) in [6.07, 6.45) is 6.45. The Kier molecular flexibility index (Phi) is 6.15. The zero-order chi connectivity index (χ0) is 10.2. The minimum absolute atomic E-state index is 0.0294. The standard InChI is InChI=1S/C11H23NO2/c1-13-11(14-2)7-10-12-8-5-3-4-6-9-12/h11H,3-10H2,1-2H3. The van der Waals surface area contributed by atoms with Crippen LogP contribution in [0.4, 0.5) is 0 Å². The van der Waals surface area contributed by atoms with Gasteiger partial charge in [0.25, 0.3) is 0 Å². The van der Waals surface area contributed by atoms with Crippen molar-refractivity contribution in [2.75, 3.05) is 33.9 Å². The topological polar surface area (TPSA) is 21.7 Å². The van der Waals surface area contributed by atoms with E-state index < -0.39 is 0 Å². The largest absolute Gasteiger partial charge is 0.356 e. The van der Waals surface area contributed by atoms with E-state index in [9.17, 15) is 0 Å². The summed E-state index contributed by atoms with van der Waals surface area (Å²) < 4.78 is 10.3. The van der Waals surface area contributed by atoms with Gasteiger partial charge in [0.2, 0.25) is 0 Å². The molecule has 1 saturated heterocycles. The second-order valence-electron chi connectivity index (χ2n) is 3.95. The average molecular weight is 201 g/mol. The highest BCUT2D eigenvalue weighted by atomic mass is 16.7. The predicted octanol–water partition coefficient (Wildman–Crippen LogP) is 1.87. The van der Waals surface area contributed by atoms with Crippen molar-refractivity contribution in [2.45, 2.75) is 38.4 Å². The molecule has 0 saturated carbocycles. The summed E-state index contributed by atoms with van der Waals surface area (Å²) in [5, 5.41) is 0. The molecule has 1 fully saturated rings. The lowest BCUT2D eigenvalue weighted by molar-refractivity contribution is -0.109. The van der Waals surface area contributed by atoms with Gasteiger partial charge in [0.15, 0.2) is 6.29 Å². The quantitative estimate of drug-likeness (QED) is 0.634. The van der Waals surface area contributed by atoms with E-state index in [1.54, 1.807) is 14.2 Å². The van der Waals surface area contributed by atoms with Crippen molar-refractivity contribution < 1.29 is 9.47 Å². The van der Waals surface area contributed by atoms with E-state index in [1.165, 1.54) is 38.8 Å². The third kappa shape index (κ3) is 4.40. The molecule has 0 amide bonds. The Bertz CT molecular complexity index is 129. The van der Waals surface area contributed by atoms with E-state index in [1.807, 2.05) is 0 Å². The lowest BCUT2D eigenvalue weighted by atomic mass is 10.2. The molecule has 0 spiro atoms. The highest BCUT2D eigenvalue weighted by Crippen LogP contribution is 2.10. The molecular weight excluding hydrogens is 178 g/mol. The minimum atomic E-state index is -0.0294. The minimum Gasteiger partial charge on any atom is -0.356 e. The van der Waals surface area contributed by atoms with Crippen LogP contribution in [-0.2, 0) is 9.47 Å². The number of likely N-dealkylation sites (tertiary alicyclic amines) is 1. The van der Waals surface area contributed by atoms with E-state index in [-0.39, 0.29) is 6.29 Å². The number of rotatable bonds is 5. The van der Waals surface area contributed by atoms with E-state index in [2.05, 4.69) is 4.90 Å². The number of ether oxygens (including phenoxy) is 2. The molecule has 0 aromatic heterocycles. The molecule has 14 heavy (non-hydrogen) atoms. The summed E-state index contributed by atoms with van der Waals surface area (Å²) in [5.41, 5.74) is 0. The monoisotopic (exact) mass is 201 g/mol. The van der Waals surface area contributed by atoms with Crippen LogP contribution in [-0.4, -0.2) is 45.0 Å². The summed E-state index contributed by atoms with van der Waals surface area (Å²) in [4.78, 5) is 2.53. The van der Waals surface area contributed by atoms with Gasteiger partial charge in [0, 0.05) is 27.2 Å². The number of hydrogen-bond acceptors (Lipinski definition) is 3. The Hall–Kier alpha value is -0.120. The fourth-order valence-electron chi connectivity index (χ4n) is 1.98. The summed E-state index contributed by atoms with van der Waals surface area (Å²) in [5.74, 6) is 0. The van der Waals surface area contributed by atoms with Crippen LogP contribution in [0.15, 0.2) is 0 Å². The lowest BCUT2D eigenvalue weighted by Crippen LogP contribution is -2.29. The third-order valence-corrected chi connectivity index (χ3v) is 2.91. The van der Waals surface area contributed by atoms with Crippen LogP contribution in [0.1, 0.15) is 32.1 Å². The zero-order valence-corrected chi connectivity index (χ0v) is 9.50. The van der Waals surface area contributed by atoms with Crippen molar-refractivity contribution in [3.8, 4) is 0 Å². The Morgan fingerprint density at radius 2 is 1.57 bits per heavy atom. The van der Waals surface area contributed by atoms with Crippen molar-refractivity contribution in [1.29, 1.82) is 0 Å². The molecule has 1 aliphatic heterocycles. The Labute approximate surface area is 87.4 Å². The van der Waals surface area contributed by atoms with Crippen molar-refractivity contribution >= 4 is 0 Å². The first-order chi connectivity index (χ1) is 6.86. The van der Waals surface area contributed by atoms with Crippen LogP contribution >= 0.6 is 0 Å². The van der Waals surface area contributed by atoms with Crippen molar-refractivity contribution in [1.82, 2.24) is 4.90 Å². The maximum absolute atomic E-state index is 5.17. The highest BCUT2D eigenvalue weighted by molar-refractivity contribution is 4.63. The van der Waals surface area contributed by atoms with Crippen LogP contribution in [0.5, 0.6) is 0 Å². The van der Waals surface area contributed by atoms with Crippen LogP contribution in [0.3, 0.4) is 0 Å². The van der Waals surface area contributed by atoms with Crippen LogP contribution in [0.2, 0.25) is 0 Å². The normalized spacial score (nSPS) is 19.9. The Morgan fingerprint density at radius 1 is 1.00 bits per heavy atom. The van der Waals surface area contributed by atoms with Gasteiger partial charge < -0.3 is 14.4 Å². The average Bonchev–Trinajstić information content (AvgIpc) is 2.48. The van der Waals surface area contributed by atoms with Gasteiger partial charge in [-0.3, -0.25) is 0 Å². The Balaban J connectivity index is 2.14. The molecule has 84 valence electrons. The summed E-state index contributed by atoms with van der Waals surface area (Å²) in [6.45, 7) is 3.60. The van der Waals surface area contributed by atoms with Gasteiger partial charge >= 0.3 is 0 Å². The van der Waals surface area contributed by atoms with Gasteiger partial charge in [-0.1, -0.05) is 12.8 Å². The van der Waals surface area contributed by atoms with E-state index in [0.717, 1.165) is 13.0 Å². The molecule has 1 rings (SSSR count). The molecular formula is C11H23NO2. The fourth-order valence-corrected chi connectivity index (χ4v) is 1.98. The number of nitrogens with zero attached hydrogens (tertiary/aromatic N) is 1. The maximum Gasteiger partial charge on any atom is 0.158 e. The second kappa shape index (κ2) is 7.21. The van der Waals surface area contributed by atoms with Crippen molar-refractivity contribution in [3.05, 3.63) is 0 Å². The fraction of sp³-hybridized carbons (Fsp3) is 1.00. The van der Waals surface area contributed by atoms with Crippen LogP contribution in [0, 0.1) is 0 Å². The number of methoxy groups -OCH3 is 2. The third-order valence-electron chi connectivity index (χ3n) is 2.91. The SMILES string of the molecule is COC(CCN1CCCCCC1)OC. The van der Waals surface area contributed by atoms with Crippen LogP contribution in [0.25, 0.3) is 0 Å². The molecule has 0 bridgehead atoms. The first kappa shape index (κ1) is 12.0. The molecule has 0 atom stereocenters. The van der Waals surface area contributed by atoms with Gasteiger partial charge in [0.1, 0.15) is 0 Å². The first-order valence-electron chi connectivity index (χ1n) is 5.64. The molecule has 0 N–H and O–H groups in total.